The van der Waals surface area contributed by atoms with Crippen LogP contribution in [0.25, 0.3) is 0 Å². The second kappa shape index (κ2) is 8.53. The second-order valence-electron chi connectivity index (χ2n) is 7.68. The van der Waals surface area contributed by atoms with Gasteiger partial charge in [-0.1, -0.05) is 36.2 Å². The van der Waals surface area contributed by atoms with Crippen molar-refractivity contribution in [1.82, 2.24) is 9.62 Å². The van der Waals surface area contributed by atoms with Crippen LogP contribution in [0.15, 0.2) is 24.3 Å². The predicted octanol–water partition coefficient (Wildman–Crippen LogP) is 2.81. The summed E-state index contributed by atoms with van der Waals surface area (Å²) < 4.78 is 26.2. The zero-order chi connectivity index (χ0) is 18.6. The van der Waals surface area contributed by atoms with Crippen molar-refractivity contribution >= 4 is 15.9 Å². The molecule has 1 aromatic rings. The number of sulfonamides is 1. The Morgan fingerprint density at radius 1 is 1.15 bits per heavy atom. The molecule has 5 nitrogen and oxygen atoms in total. The normalized spacial score (nSPS) is 19.9. The number of rotatable bonds is 8. The standard InChI is InChI=1S/C20H30N2O3S/c1-16-5-7-17(8-6-16)19(18-9-10-18)15-20(23)21-11-14-26(24,25)22-12-3-2-4-13-22/h5-8,18-19H,2-4,9-15H2,1H3,(H,21,23). The Morgan fingerprint density at radius 2 is 1.81 bits per heavy atom. The van der Waals surface area contributed by atoms with E-state index in [1.165, 1.54) is 24.0 Å². The van der Waals surface area contributed by atoms with Crippen molar-refractivity contribution in [3.8, 4) is 0 Å². The molecule has 1 N–H and O–H groups in total. The summed E-state index contributed by atoms with van der Waals surface area (Å²) in [6.07, 6.45) is 5.77. The number of hydrogen-bond acceptors (Lipinski definition) is 3. The van der Waals surface area contributed by atoms with Gasteiger partial charge in [0, 0.05) is 26.1 Å². The van der Waals surface area contributed by atoms with Crippen LogP contribution in [0.1, 0.15) is 55.6 Å². The molecule has 6 heteroatoms. The summed E-state index contributed by atoms with van der Waals surface area (Å²) in [6.45, 7) is 3.50. The Kier molecular flexibility index (Phi) is 6.35. The van der Waals surface area contributed by atoms with Gasteiger partial charge in [0.1, 0.15) is 0 Å². The number of nitrogens with zero attached hydrogens (tertiary/aromatic N) is 1. The molecule has 1 atom stereocenters. The van der Waals surface area contributed by atoms with Crippen LogP contribution in [0.4, 0.5) is 0 Å². The van der Waals surface area contributed by atoms with Gasteiger partial charge in [-0.2, -0.15) is 0 Å². The Bertz CT molecular complexity index is 705. The van der Waals surface area contributed by atoms with Crippen LogP contribution in [-0.2, 0) is 14.8 Å². The molecule has 1 amide bonds. The topological polar surface area (TPSA) is 66.5 Å². The van der Waals surface area contributed by atoms with Crippen LogP contribution in [0.5, 0.6) is 0 Å². The summed E-state index contributed by atoms with van der Waals surface area (Å²) in [7, 11) is -3.25. The number of amides is 1. The molecule has 26 heavy (non-hydrogen) atoms. The minimum Gasteiger partial charge on any atom is -0.355 e. The molecule has 1 aliphatic heterocycles. The summed E-state index contributed by atoms with van der Waals surface area (Å²) in [4.78, 5) is 12.4. The van der Waals surface area contributed by atoms with E-state index in [4.69, 9.17) is 0 Å². The second-order valence-corrected chi connectivity index (χ2v) is 9.77. The predicted molar refractivity (Wildman–Crippen MR) is 103 cm³/mol. The van der Waals surface area contributed by atoms with Crippen LogP contribution < -0.4 is 5.32 Å². The van der Waals surface area contributed by atoms with E-state index in [-0.39, 0.29) is 24.1 Å². The van der Waals surface area contributed by atoms with Gasteiger partial charge in [-0.05, 0) is 50.0 Å². The maximum absolute atomic E-state index is 12.4. The van der Waals surface area contributed by atoms with Crippen LogP contribution in [0.3, 0.4) is 0 Å². The van der Waals surface area contributed by atoms with Crippen molar-refractivity contribution in [2.24, 2.45) is 5.92 Å². The molecule has 3 rings (SSSR count). The molecule has 1 saturated carbocycles. The Morgan fingerprint density at radius 3 is 2.42 bits per heavy atom. The number of carbonyl (C=O) groups is 1. The SMILES string of the molecule is Cc1ccc(C(CC(=O)NCCS(=O)(=O)N2CCCCC2)C2CC2)cc1. The summed E-state index contributed by atoms with van der Waals surface area (Å²) in [6, 6.07) is 8.42. The monoisotopic (exact) mass is 378 g/mol. The molecule has 144 valence electrons. The van der Waals surface area contributed by atoms with E-state index in [1.807, 2.05) is 0 Å². The van der Waals surface area contributed by atoms with Crippen molar-refractivity contribution in [3.63, 3.8) is 0 Å². The third kappa shape index (κ3) is 5.30. The number of nitrogens with one attached hydrogen (secondary N) is 1. The molecule has 0 bridgehead atoms. The molecule has 0 aromatic heterocycles. The lowest BCUT2D eigenvalue weighted by Gasteiger charge is -2.26. The number of piperidine rings is 1. The average molecular weight is 379 g/mol. The first kappa shape index (κ1) is 19.4. The largest absolute Gasteiger partial charge is 0.355 e. The minimum absolute atomic E-state index is 0.00261. The molecule has 1 saturated heterocycles. The molecule has 1 aliphatic carbocycles. The highest BCUT2D eigenvalue weighted by molar-refractivity contribution is 7.89. The fraction of sp³-hybridized carbons (Fsp3) is 0.650. The van der Waals surface area contributed by atoms with Crippen molar-refractivity contribution in [3.05, 3.63) is 35.4 Å². The average Bonchev–Trinajstić information content (AvgIpc) is 3.46. The summed E-state index contributed by atoms with van der Waals surface area (Å²) >= 11 is 0. The molecule has 0 radical (unpaired) electrons. The van der Waals surface area contributed by atoms with Gasteiger partial charge in [0.05, 0.1) is 5.75 Å². The fourth-order valence-corrected chi connectivity index (χ4v) is 5.17. The zero-order valence-corrected chi connectivity index (χ0v) is 16.4. The zero-order valence-electron chi connectivity index (χ0n) is 15.6. The third-order valence-corrected chi connectivity index (χ3v) is 7.36. The Hall–Kier alpha value is -1.40. The van der Waals surface area contributed by atoms with E-state index in [0.29, 0.717) is 25.4 Å². The molecule has 0 spiro atoms. The third-order valence-electron chi connectivity index (χ3n) is 5.49. The number of hydrogen-bond donors (Lipinski definition) is 1. The molecule has 2 fully saturated rings. The van der Waals surface area contributed by atoms with Gasteiger partial charge in [0.25, 0.3) is 0 Å². The fourth-order valence-electron chi connectivity index (χ4n) is 3.73. The summed E-state index contributed by atoms with van der Waals surface area (Å²) in [5.41, 5.74) is 2.44. The van der Waals surface area contributed by atoms with Crippen molar-refractivity contribution in [2.45, 2.75) is 51.4 Å². The highest BCUT2D eigenvalue weighted by atomic mass is 32.2. The van der Waals surface area contributed by atoms with Crippen LogP contribution in [0.2, 0.25) is 0 Å². The molecule has 2 aliphatic rings. The quantitative estimate of drug-likeness (QED) is 0.756. The lowest BCUT2D eigenvalue weighted by Crippen LogP contribution is -2.40. The summed E-state index contributed by atoms with van der Waals surface area (Å²) in [5, 5.41) is 2.83. The van der Waals surface area contributed by atoms with E-state index >= 15 is 0 Å². The Labute approximate surface area is 157 Å². The number of carbonyl (C=O) groups excluding carboxylic acids is 1. The first-order valence-corrected chi connectivity index (χ1v) is 11.4. The molecule has 1 aromatic carbocycles. The highest BCUT2D eigenvalue weighted by Gasteiger charge is 2.33. The molecule has 1 unspecified atom stereocenters. The maximum Gasteiger partial charge on any atom is 0.220 e. The van der Waals surface area contributed by atoms with Gasteiger partial charge >= 0.3 is 0 Å². The highest BCUT2D eigenvalue weighted by Crippen LogP contribution is 2.44. The van der Waals surface area contributed by atoms with Gasteiger partial charge in [-0.3, -0.25) is 4.79 Å². The van der Waals surface area contributed by atoms with Crippen LogP contribution in [-0.4, -0.2) is 44.0 Å². The first-order chi connectivity index (χ1) is 12.5. The Balaban J connectivity index is 1.49. The van der Waals surface area contributed by atoms with E-state index in [1.54, 1.807) is 4.31 Å². The summed E-state index contributed by atoms with van der Waals surface area (Å²) in [5.74, 6) is 0.781. The van der Waals surface area contributed by atoms with Gasteiger partial charge < -0.3 is 5.32 Å². The van der Waals surface area contributed by atoms with E-state index < -0.39 is 10.0 Å². The van der Waals surface area contributed by atoms with Crippen LogP contribution in [0, 0.1) is 12.8 Å². The van der Waals surface area contributed by atoms with Crippen molar-refractivity contribution in [2.75, 3.05) is 25.4 Å². The molecular formula is C20H30N2O3S. The van der Waals surface area contributed by atoms with E-state index in [9.17, 15) is 13.2 Å². The lowest BCUT2D eigenvalue weighted by atomic mass is 9.90. The van der Waals surface area contributed by atoms with Crippen molar-refractivity contribution < 1.29 is 13.2 Å². The lowest BCUT2D eigenvalue weighted by molar-refractivity contribution is -0.121. The van der Waals surface area contributed by atoms with Gasteiger partial charge in [0.15, 0.2) is 0 Å². The minimum atomic E-state index is -3.25. The van der Waals surface area contributed by atoms with E-state index in [0.717, 1.165) is 19.3 Å². The maximum atomic E-state index is 12.4. The first-order valence-electron chi connectivity index (χ1n) is 9.77. The number of benzene rings is 1. The smallest absolute Gasteiger partial charge is 0.220 e. The van der Waals surface area contributed by atoms with Crippen molar-refractivity contribution in [1.29, 1.82) is 0 Å². The molecule has 1 heterocycles. The number of aryl methyl sites for hydroxylation is 1. The van der Waals surface area contributed by atoms with E-state index in [2.05, 4.69) is 36.5 Å². The van der Waals surface area contributed by atoms with Crippen LogP contribution >= 0.6 is 0 Å². The van der Waals surface area contributed by atoms with Gasteiger partial charge in [0.2, 0.25) is 15.9 Å². The van der Waals surface area contributed by atoms with Gasteiger partial charge in [-0.25, -0.2) is 12.7 Å². The van der Waals surface area contributed by atoms with Gasteiger partial charge in [-0.15, -0.1) is 0 Å². The molecular weight excluding hydrogens is 348 g/mol.